The Morgan fingerprint density at radius 2 is 1.12 bits per heavy atom. The fourth-order valence-corrected chi connectivity index (χ4v) is 5.18. The average molecular weight is 334 g/mol. The van der Waals surface area contributed by atoms with E-state index in [0.29, 0.717) is 17.5 Å². The number of benzene rings is 2. The van der Waals surface area contributed by atoms with Gasteiger partial charge < -0.3 is 5.32 Å². The molecule has 1 N–H and O–H groups in total. The van der Waals surface area contributed by atoms with Gasteiger partial charge in [-0.1, -0.05) is 81.4 Å². The van der Waals surface area contributed by atoms with Crippen LogP contribution in [0.2, 0.25) is 0 Å². The van der Waals surface area contributed by atoms with Crippen LogP contribution in [0.3, 0.4) is 0 Å². The van der Waals surface area contributed by atoms with Crippen molar-refractivity contribution in [3.63, 3.8) is 0 Å². The van der Waals surface area contributed by atoms with E-state index in [4.69, 9.17) is 0 Å². The third-order valence-electron chi connectivity index (χ3n) is 6.62. The van der Waals surface area contributed by atoms with Gasteiger partial charge in [-0.3, -0.25) is 0 Å². The fourth-order valence-electron chi connectivity index (χ4n) is 5.18. The maximum Gasteiger partial charge on any atom is 0.0354 e. The minimum Gasteiger partial charge on any atom is -0.303 e. The van der Waals surface area contributed by atoms with Crippen molar-refractivity contribution in [1.82, 2.24) is 5.32 Å². The fraction of sp³-hybridized carbons (Fsp3) is 0.500. The Labute approximate surface area is 152 Å². The summed E-state index contributed by atoms with van der Waals surface area (Å²) >= 11 is 0. The largest absolute Gasteiger partial charge is 0.303 e. The molecular formula is C24H31N. The van der Waals surface area contributed by atoms with E-state index in [-0.39, 0.29) is 0 Å². The van der Waals surface area contributed by atoms with Gasteiger partial charge in [-0.2, -0.15) is 0 Å². The lowest BCUT2D eigenvalue weighted by Crippen LogP contribution is -2.47. The number of rotatable bonds is 2. The van der Waals surface area contributed by atoms with Crippen molar-refractivity contribution in [3.8, 4) is 0 Å². The molecule has 1 aliphatic heterocycles. The van der Waals surface area contributed by atoms with E-state index in [1.54, 1.807) is 0 Å². The molecule has 1 unspecified atom stereocenters. The predicted octanol–water partition coefficient (Wildman–Crippen LogP) is 6.15. The third-order valence-corrected chi connectivity index (χ3v) is 6.62. The molecule has 1 heteroatoms. The van der Waals surface area contributed by atoms with Crippen LogP contribution in [-0.4, -0.2) is 0 Å². The van der Waals surface area contributed by atoms with E-state index < -0.39 is 0 Å². The molecule has 2 fully saturated rings. The van der Waals surface area contributed by atoms with E-state index in [9.17, 15) is 0 Å². The van der Waals surface area contributed by atoms with Crippen molar-refractivity contribution in [2.75, 3.05) is 0 Å². The minimum absolute atomic E-state index is 0.400. The zero-order chi connectivity index (χ0) is 17.4. The zero-order valence-electron chi connectivity index (χ0n) is 15.8. The lowest BCUT2D eigenvalue weighted by Gasteiger charge is -2.51. The molecule has 2 aromatic carbocycles. The quantitative estimate of drug-likeness (QED) is 0.695. The van der Waals surface area contributed by atoms with Crippen LogP contribution < -0.4 is 5.32 Å². The van der Waals surface area contributed by atoms with E-state index in [1.807, 2.05) is 0 Å². The van der Waals surface area contributed by atoms with Gasteiger partial charge in [0.1, 0.15) is 0 Å². The summed E-state index contributed by atoms with van der Waals surface area (Å²) in [4.78, 5) is 0. The van der Waals surface area contributed by atoms with Crippen LogP contribution in [0.25, 0.3) is 0 Å². The highest BCUT2D eigenvalue weighted by Crippen LogP contribution is 2.53. The summed E-state index contributed by atoms with van der Waals surface area (Å²) in [6.45, 7) is 7.30. The Balaban J connectivity index is 1.69. The highest BCUT2D eigenvalue weighted by molar-refractivity contribution is 5.26. The molecule has 1 saturated carbocycles. The van der Waals surface area contributed by atoms with Gasteiger partial charge >= 0.3 is 0 Å². The van der Waals surface area contributed by atoms with Crippen LogP contribution in [0.4, 0.5) is 0 Å². The van der Waals surface area contributed by atoms with Gasteiger partial charge in [0.15, 0.2) is 0 Å². The molecule has 2 bridgehead atoms. The summed E-state index contributed by atoms with van der Waals surface area (Å²) in [5.74, 6) is 2.33. The van der Waals surface area contributed by atoms with Crippen LogP contribution in [0.5, 0.6) is 0 Å². The SMILES string of the molecule is CC(C)(C)C1C[C@H]2C[C@H](C1)[C@H](c1ccccc1)N[C@@H]2c1ccccc1. The van der Waals surface area contributed by atoms with E-state index in [2.05, 4.69) is 86.8 Å². The molecule has 4 rings (SSSR count). The Kier molecular flexibility index (Phi) is 4.45. The maximum atomic E-state index is 4.06. The van der Waals surface area contributed by atoms with Crippen molar-refractivity contribution in [1.29, 1.82) is 0 Å². The normalized spacial score (nSPS) is 32.4. The first-order chi connectivity index (χ1) is 12.0. The lowest BCUT2D eigenvalue weighted by atomic mass is 9.59. The van der Waals surface area contributed by atoms with Gasteiger partial charge in [-0.05, 0) is 53.6 Å². The summed E-state index contributed by atoms with van der Waals surface area (Å²) in [5, 5.41) is 4.06. The number of hydrogen-bond donors (Lipinski definition) is 1. The summed E-state index contributed by atoms with van der Waals surface area (Å²) in [6, 6.07) is 23.2. The van der Waals surface area contributed by atoms with Crippen LogP contribution in [-0.2, 0) is 0 Å². The highest BCUT2D eigenvalue weighted by atomic mass is 15.0. The topological polar surface area (TPSA) is 12.0 Å². The molecule has 0 aromatic heterocycles. The first-order valence-corrected chi connectivity index (χ1v) is 9.88. The molecule has 1 nitrogen and oxygen atoms in total. The van der Waals surface area contributed by atoms with Crippen LogP contribution in [0, 0.1) is 23.2 Å². The smallest absolute Gasteiger partial charge is 0.0354 e. The number of piperidine rings is 1. The second-order valence-corrected chi connectivity index (χ2v) is 9.23. The van der Waals surface area contributed by atoms with Crippen LogP contribution >= 0.6 is 0 Å². The molecule has 1 saturated heterocycles. The maximum absolute atomic E-state index is 4.06. The second kappa shape index (κ2) is 6.61. The summed E-state index contributed by atoms with van der Waals surface area (Å²) < 4.78 is 0. The van der Waals surface area contributed by atoms with Crippen molar-refractivity contribution in [3.05, 3.63) is 71.8 Å². The van der Waals surface area contributed by atoms with Crippen LogP contribution in [0.1, 0.15) is 63.2 Å². The monoisotopic (exact) mass is 333 g/mol. The first kappa shape index (κ1) is 16.8. The Morgan fingerprint density at radius 3 is 1.52 bits per heavy atom. The van der Waals surface area contributed by atoms with E-state index in [0.717, 1.165) is 17.8 Å². The zero-order valence-corrected chi connectivity index (χ0v) is 15.8. The molecule has 2 aromatic rings. The van der Waals surface area contributed by atoms with Crippen molar-refractivity contribution >= 4 is 0 Å². The Hall–Kier alpha value is -1.60. The minimum atomic E-state index is 0.400. The molecule has 0 amide bonds. The molecule has 2 aliphatic rings. The average Bonchev–Trinajstić information content (AvgIpc) is 2.62. The molecule has 5 atom stereocenters. The van der Waals surface area contributed by atoms with Gasteiger partial charge in [0.25, 0.3) is 0 Å². The number of nitrogens with one attached hydrogen (secondary N) is 1. The molecule has 0 radical (unpaired) electrons. The number of fused-ring (bicyclic) bond motifs is 2. The Bertz CT molecular complexity index is 632. The van der Waals surface area contributed by atoms with Gasteiger partial charge in [0.2, 0.25) is 0 Å². The molecule has 0 spiro atoms. The third kappa shape index (κ3) is 3.40. The Morgan fingerprint density at radius 1 is 0.680 bits per heavy atom. The highest BCUT2D eigenvalue weighted by Gasteiger charge is 2.45. The molecule has 1 aliphatic carbocycles. The van der Waals surface area contributed by atoms with E-state index >= 15 is 0 Å². The van der Waals surface area contributed by atoms with Gasteiger partial charge in [0, 0.05) is 12.1 Å². The van der Waals surface area contributed by atoms with Gasteiger partial charge in [-0.25, -0.2) is 0 Å². The first-order valence-electron chi connectivity index (χ1n) is 9.88. The van der Waals surface area contributed by atoms with Gasteiger partial charge in [-0.15, -0.1) is 0 Å². The molecule has 132 valence electrons. The number of hydrogen-bond acceptors (Lipinski definition) is 1. The van der Waals surface area contributed by atoms with E-state index in [1.165, 1.54) is 30.4 Å². The summed E-state index contributed by atoms with van der Waals surface area (Å²) in [7, 11) is 0. The predicted molar refractivity (Wildman–Crippen MR) is 105 cm³/mol. The van der Waals surface area contributed by atoms with Gasteiger partial charge in [0.05, 0.1) is 0 Å². The van der Waals surface area contributed by atoms with Crippen LogP contribution in [0.15, 0.2) is 60.7 Å². The van der Waals surface area contributed by atoms with Crippen molar-refractivity contribution in [2.24, 2.45) is 23.2 Å². The molecule has 1 heterocycles. The molecular weight excluding hydrogens is 302 g/mol. The van der Waals surface area contributed by atoms with Crippen molar-refractivity contribution < 1.29 is 0 Å². The standard InChI is InChI=1S/C24H31N/c1-24(2,3)21-15-19-14-20(16-21)23(18-12-8-5-9-13-18)25-22(19)17-10-6-4-7-11-17/h4-13,19-23,25H,14-16H2,1-3H3/t19-,20-,21?,22-,23+/m1/s1. The van der Waals surface area contributed by atoms with Crippen molar-refractivity contribution in [2.45, 2.75) is 52.1 Å². The second-order valence-electron chi connectivity index (χ2n) is 9.23. The lowest BCUT2D eigenvalue weighted by molar-refractivity contribution is 0.0269. The summed E-state index contributed by atoms with van der Waals surface area (Å²) in [6.07, 6.45) is 4.07. The summed E-state index contributed by atoms with van der Waals surface area (Å²) in [5.41, 5.74) is 3.32. The molecule has 25 heavy (non-hydrogen) atoms.